The fourth-order valence-electron chi connectivity index (χ4n) is 3.91. The topological polar surface area (TPSA) is 80.6 Å². The van der Waals surface area contributed by atoms with Crippen LogP contribution in [0.5, 0.6) is 5.75 Å². The summed E-state index contributed by atoms with van der Waals surface area (Å²) in [6.45, 7) is 3.33. The molecule has 0 spiro atoms. The second kappa shape index (κ2) is 8.00. The van der Waals surface area contributed by atoms with Crippen LogP contribution in [0.1, 0.15) is 41.0 Å². The van der Waals surface area contributed by atoms with E-state index in [0.29, 0.717) is 43.8 Å². The van der Waals surface area contributed by atoms with Crippen LogP contribution in [0.25, 0.3) is 0 Å². The molecule has 148 valence electrons. The third-order valence-corrected chi connectivity index (χ3v) is 5.50. The molecule has 0 N–H and O–H groups in total. The van der Waals surface area contributed by atoms with Crippen LogP contribution in [-0.4, -0.2) is 63.4 Å². The van der Waals surface area contributed by atoms with Crippen molar-refractivity contribution in [3.8, 4) is 5.75 Å². The first kappa shape index (κ1) is 18.5. The van der Waals surface area contributed by atoms with E-state index in [0.717, 1.165) is 37.3 Å². The van der Waals surface area contributed by atoms with Crippen molar-refractivity contribution < 1.29 is 14.3 Å². The van der Waals surface area contributed by atoms with Crippen LogP contribution >= 0.6 is 0 Å². The number of carbonyl (C=O) groups excluding carboxylic acids is 2. The predicted octanol–water partition coefficient (Wildman–Crippen LogP) is 1.50. The van der Waals surface area contributed by atoms with Crippen molar-refractivity contribution in [3.63, 3.8) is 0 Å². The molecule has 1 saturated heterocycles. The summed E-state index contributed by atoms with van der Waals surface area (Å²) in [7, 11) is 1.57. The van der Waals surface area contributed by atoms with Gasteiger partial charge in [-0.2, -0.15) is 0 Å². The standard InChI is InChI=1S/C20H25N5O3/c1-28-18-7-3-2-6-15(18)20(27)24-12-13-25-17(14-24)16(21-22-25)8-9-19(26)23-10-4-5-11-23/h2-3,6-7H,4-5,8-14H2,1H3. The largest absolute Gasteiger partial charge is 0.496 e. The molecular formula is C20H25N5O3. The number of aromatic nitrogens is 3. The van der Waals surface area contributed by atoms with Crippen LogP contribution in [0.2, 0.25) is 0 Å². The van der Waals surface area contributed by atoms with Gasteiger partial charge in [0.25, 0.3) is 5.91 Å². The van der Waals surface area contributed by atoms with Crippen LogP contribution in [0.4, 0.5) is 0 Å². The maximum atomic E-state index is 13.0. The minimum absolute atomic E-state index is 0.0657. The van der Waals surface area contributed by atoms with Crippen LogP contribution < -0.4 is 4.74 Å². The van der Waals surface area contributed by atoms with Crippen molar-refractivity contribution in [3.05, 3.63) is 41.2 Å². The lowest BCUT2D eigenvalue weighted by molar-refractivity contribution is -0.130. The summed E-state index contributed by atoms with van der Waals surface area (Å²) in [5.74, 6) is 0.683. The van der Waals surface area contributed by atoms with Gasteiger partial charge in [0.15, 0.2) is 0 Å². The zero-order valence-electron chi connectivity index (χ0n) is 16.1. The van der Waals surface area contributed by atoms with Gasteiger partial charge in [-0.05, 0) is 25.0 Å². The average Bonchev–Trinajstić information content (AvgIpc) is 3.41. The van der Waals surface area contributed by atoms with Gasteiger partial charge in [0.1, 0.15) is 5.75 Å². The Morgan fingerprint density at radius 3 is 2.64 bits per heavy atom. The number of carbonyl (C=O) groups is 2. The van der Waals surface area contributed by atoms with Crippen LogP contribution in [0, 0.1) is 0 Å². The Morgan fingerprint density at radius 2 is 1.86 bits per heavy atom. The molecule has 0 bridgehead atoms. The summed E-state index contributed by atoms with van der Waals surface area (Å²) >= 11 is 0. The summed E-state index contributed by atoms with van der Waals surface area (Å²) in [6, 6.07) is 7.25. The molecule has 4 rings (SSSR count). The molecule has 2 aliphatic heterocycles. The first-order chi connectivity index (χ1) is 13.7. The highest BCUT2D eigenvalue weighted by Crippen LogP contribution is 2.23. The zero-order chi connectivity index (χ0) is 19.5. The number of ether oxygens (including phenoxy) is 1. The van der Waals surface area contributed by atoms with Crippen LogP contribution in [0.15, 0.2) is 24.3 Å². The van der Waals surface area contributed by atoms with Gasteiger partial charge in [-0.25, -0.2) is 4.68 Å². The molecule has 1 aromatic heterocycles. The Bertz CT molecular complexity index is 872. The molecule has 8 nitrogen and oxygen atoms in total. The summed E-state index contributed by atoms with van der Waals surface area (Å²) in [5, 5.41) is 8.49. The number of benzene rings is 1. The number of rotatable bonds is 5. The fraction of sp³-hybridized carbons (Fsp3) is 0.500. The molecule has 1 aromatic carbocycles. The Kier molecular flexibility index (Phi) is 5.27. The summed E-state index contributed by atoms with van der Waals surface area (Å²) in [4.78, 5) is 29.0. The van der Waals surface area contributed by atoms with E-state index in [9.17, 15) is 9.59 Å². The lowest BCUT2D eigenvalue weighted by atomic mass is 10.1. The van der Waals surface area contributed by atoms with Crippen molar-refractivity contribution in [2.45, 2.75) is 38.8 Å². The minimum atomic E-state index is -0.0657. The summed E-state index contributed by atoms with van der Waals surface area (Å²) < 4.78 is 7.18. The van der Waals surface area contributed by atoms with E-state index in [1.807, 2.05) is 21.7 Å². The monoisotopic (exact) mass is 383 g/mol. The van der Waals surface area contributed by atoms with Crippen molar-refractivity contribution in [2.75, 3.05) is 26.7 Å². The molecule has 3 heterocycles. The van der Waals surface area contributed by atoms with E-state index in [4.69, 9.17) is 4.74 Å². The molecular weight excluding hydrogens is 358 g/mol. The molecule has 2 amide bonds. The molecule has 8 heteroatoms. The number of nitrogens with zero attached hydrogens (tertiary/aromatic N) is 5. The van der Waals surface area contributed by atoms with E-state index >= 15 is 0 Å². The van der Waals surface area contributed by atoms with Gasteiger partial charge in [-0.3, -0.25) is 9.59 Å². The first-order valence-electron chi connectivity index (χ1n) is 9.78. The number of para-hydroxylation sites is 1. The SMILES string of the molecule is COc1ccccc1C(=O)N1CCn2nnc(CCC(=O)N3CCCC3)c2C1. The van der Waals surface area contributed by atoms with E-state index < -0.39 is 0 Å². The highest BCUT2D eigenvalue weighted by atomic mass is 16.5. The Morgan fingerprint density at radius 1 is 1.07 bits per heavy atom. The molecule has 0 unspecified atom stereocenters. The fourth-order valence-corrected chi connectivity index (χ4v) is 3.91. The summed E-state index contributed by atoms with van der Waals surface area (Å²) in [6.07, 6.45) is 3.17. The number of methoxy groups -OCH3 is 1. The van der Waals surface area contributed by atoms with Gasteiger partial charge < -0.3 is 14.5 Å². The molecule has 0 saturated carbocycles. The minimum Gasteiger partial charge on any atom is -0.496 e. The van der Waals surface area contributed by atoms with Gasteiger partial charge >= 0.3 is 0 Å². The first-order valence-corrected chi connectivity index (χ1v) is 9.78. The van der Waals surface area contributed by atoms with Crippen LogP contribution in [0.3, 0.4) is 0 Å². The maximum Gasteiger partial charge on any atom is 0.258 e. The highest BCUT2D eigenvalue weighted by molar-refractivity contribution is 5.97. The summed E-state index contributed by atoms with van der Waals surface area (Å²) in [5.41, 5.74) is 2.28. The number of hydrogen-bond acceptors (Lipinski definition) is 5. The molecule has 1 fully saturated rings. The molecule has 0 atom stereocenters. The van der Waals surface area contributed by atoms with E-state index in [1.165, 1.54) is 0 Å². The molecule has 28 heavy (non-hydrogen) atoms. The Hall–Kier alpha value is -2.90. The quantitative estimate of drug-likeness (QED) is 0.782. The smallest absolute Gasteiger partial charge is 0.258 e. The lowest BCUT2D eigenvalue weighted by Gasteiger charge is -2.28. The van der Waals surface area contributed by atoms with E-state index in [-0.39, 0.29) is 11.8 Å². The number of hydrogen-bond donors (Lipinski definition) is 0. The van der Waals surface area contributed by atoms with Crippen molar-refractivity contribution in [2.24, 2.45) is 0 Å². The van der Waals surface area contributed by atoms with Gasteiger partial charge in [-0.15, -0.1) is 5.10 Å². The molecule has 2 aromatic rings. The molecule has 2 aliphatic rings. The van der Waals surface area contributed by atoms with Crippen molar-refractivity contribution in [1.82, 2.24) is 24.8 Å². The predicted molar refractivity (Wildman–Crippen MR) is 102 cm³/mol. The average molecular weight is 383 g/mol. The van der Waals surface area contributed by atoms with Gasteiger partial charge in [0.05, 0.1) is 37.2 Å². The number of aryl methyl sites for hydroxylation is 1. The van der Waals surface area contributed by atoms with Gasteiger partial charge in [0.2, 0.25) is 5.91 Å². The molecule has 0 aliphatic carbocycles. The Balaban J connectivity index is 1.45. The second-order valence-electron chi connectivity index (χ2n) is 7.22. The van der Waals surface area contributed by atoms with E-state index in [2.05, 4.69) is 10.3 Å². The zero-order valence-corrected chi connectivity index (χ0v) is 16.1. The third-order valence-electron chi connectivity index (χ3n) is 5.50. The van der Waals surface area contributed by atoms with Gasteiger partial charge in [0, 0.05) is 32.5 Å². The lowest BCUT2D eigenvalue weighted by Crippen LogP contribution is -2.39. The van der Waals surface area contributed by atoms with Crippen molar-refractivity contribution in [1.29, 1.82) is 0 Å². The maximum absolute atomic E-state index is 13.0. The van der Waals surface area contributed by atoms with E-state index in [1.54, 1.807) is 24.1 Å². The molecule has 0 radical (unpaired) electrons. The number of fused-ring (bicyclic) bond motifs is 1. The normalized spacial score (nSPS) is 16.2. The van der Waals surface area contributed by atoms with Crippen molar-refractivity contribution >= 4 is 11.8 Å². The van der Waals surface area contributed by atoms with Crippen LogP contribution in [-0.2, 0) is 24.3 Å². The number of amides is 2. The third kappa shape index (κ3) is 3.58. The Labute approximate surface area is 164 Å². The van der Waals surface area contributed by atoms with Gasteiger partial charge in [-0.1, -0.05) is 17.3 Å². The highest BCUT2D eigenvalue weighted by Gasteiger charge is 2.27. The number of likely N-dealkylation sites (tertiary alicyclic amines) is 1. The second-order valence-corrected chi connectivity index (χ2v) is 7.22.